The number of methoxy groups -OCH3 is 2. The van der Waals surface area contributed by atoms with Gasteiger partial charge in [0.1, 0.15) is 0 Å². The molecule has 2 aliphatic rings. The number of aromatic nitrogens is 2. The smallest absolute Gasteiger partial charge is 0.319 e. The lowest BCUT2D eigenvalue weighted by molar-refractivity contribution is -0.124. The Labute approximate surface area is 172 Å². The average molecular weight is 396 g/mol. The normalized spacial score (nSPS) is 25.5. The van der Waals surface area contributed by atoms with E-state index >= 15 is 0 Å². The van der Waals surface area contributed by atoms with E-state index in [1.807, 2.05) is 13.0 Å². The summed E-state index contributed by atoms with van der Waals surface area (Å²) >= 11 is 0. The van der Waals surface area contributed by atoms with E-state index in [1.165, 1.54) is 38.4 Å². The van der Waals surface area contributed by atoms with Crippen molar-refractivity contribution in [2.24, 2.45) is 11.8 Å². The molecule has 1 amide bonds. The summed E-state index contributed by atoms with van der Waals surface area (Å²) in [5.74, 6) is 2.05. The summed E-state index contributed by atoms with van der Waals surface area (Å²) in [5, 5.41) is 3.34. The topological polar surface area (TPSA) is 73.3 Å². The van der Waals surface area contributed by atoms with Crippen LogP contribution in [0.2, 0.25) is 0 Å². The number of carbonyl (C=O) groups is 1. The van der Waals surface area contributed by atoms with Crippen molar-refractivity contribution in [3.8, 4) is 11.9 Å². The highest BCUT2D eigenvalue weighted by molar-refractivity contribution is 5.80. The van der Waals surface area contributed by atoms with Crippen LogP contribution in [0.4, 0.5) is 0 Å². The van der Waals surface area contributed by atoms with Crippen LogP contribution in [0.15, 0.2) is 30.3 Å². The number of hydrogen-bond donors (Lipinski definition) is 1. The van der Waals surface area contributed by atoms with Gasteiger partial charge in [0.05, 0.1) is 26.3 Å². The molecular weight excluding hydrogens is 366 g/mol. The summed E-state index contributed by atoms with van der Waals surface area (Å²) in [5.41, 5.74) is 2.75. The van der Waals surface area contributed by atoms with Gasteiger partial charge in [-0.2, -0.15) is 4.98 Å². The number of rotatable bonds is 6. The molecule has 1 aromatic carbocycles. The Morgan fingerprint density at radius 3 is 2.48 bits per heavy atom. The molecule has 0 aliphatic heterocycles. The van der Waals surface area contributed by atoms with Crippen LogP contribution in [-0.4, -0.2) is 36.1 Å². The molecule has 6 nitrogen and oxygen atoms in total. The SMILES string of the molecule is COc1nc(C)c(CC(=O)N[C@H]2C3CCCCC3[C@@H]2c2ccccc2)c(OC)n1. The predicted octanol–water partition coefficient (Wildman–Crippen LogP) is 3.43. The highest BCUT2D eigenvalue weighted by Crippen LogP contribution is 2.54. The van der Waals surface area contributed by atoms with Crippen molar-refractivity contribution in [3.63, 3.8) is 0 Å². The molecule has 0 radical (unpaired) electrons. The largest absolute Gasteiger partial charge is 0.481 e. The van der Waals surface area contributed by atoms with Crippen molar-refractivity contribution in [2.45, 2.75) is 51.0 Å². The lowest BCUT2D eigenvalue weighted by atomic mass is 9.53. The monoisotopic (exact) mass is 395 g/mol. The first kappa shape index (κ1) is 19.7. The maximum atomic E-state index is 13.0. The molecule has 2 saturated carbocycles. The Kier molecular flexibility index (Phi) is 5.69. The first-order valence-corrected chi connectivity index (χ1v) is 10.4. The summed E-state index contributed by atoms with van der Waals surface area (Å²) in [6.45, 7) is 1.85. The molecule has 0 spiro atoms. The number of nitrogens with zero attached hydrogens (tertiary/aromatic N) is 2. The summed E-state index contributed by atoms with van der Waals surface area (Å²) in [7, 11) is 3.06. The lowest BCUT2D eigenvalue weighted by Gasteiger charge is -2.55. The van der Waals surface area contributed by atoms with Crippen LogP contribution in [0.25, 0.3) is 0 Å². The van der Waals surface area contributed by atoms with Crippen LogP contribution in [0.5, 0.6) is 11.9 Å². The molecule has 0 saturated heterocycles. The number of benzene rings is 1. The van der Waals surface area contributed by atoms with Gasteiger partial charge in [0, 0.05) is 17.5 Å². The minimum absolute atomic E-state index is 0.00452. The number of amides is 1. The van der Waals surface area contributed by atoms with Crippen molar-refractivity contribution in [1.29, 1.82) is 0 Å². The zero-order valence-electron chi connectivity index (χ0n) is 17.4. The van der Waals surface area contributed by atoms with Gasteiger partial charge in [-0.15, -0.1) is 0 Å². The predicted molar refractivity (Wildman–Crippen MR) is 110 cm³/mol. The molecule has 4 atom stereocenters. The fourth-order valence-corrected chi connectivity index (χ4v) is 5.20. The van der Waals surface area contributed by atoms with Crippen molar-refractivity contribution >= 4 is 5.91 Å². The van der Waals surface area contributed by atoms with E-state index in [0.29, 0.717) is 34.9 Å². The fraction of sp³-hybridized carbons (Fsp3) is 0.522. The molecule has 1 heterocycles. The Hall–Kier alpha value is -2.63. The highest BCUT2D eigenvalue weighted by atomic mass is 16.5. The minimum Gasteiger partial charge on any atom is -0.481 e. The molecule has 154 valence electrons. The van der Waals surface area contributed by atoms with Gasteiger partial charge in [0.2, 0.25) is 11.8 Å². The zero-order valence-corrected chi connectivity index (χ0v) is 17.4. The molecule has 2 unspecified atom stereocenters. The Morgan fingerprint density at radius 1 is 1.07 bits per heavy atom. The van der Waals surface area contributed by atoms with Gasteiger partial charge in [0.25, 0.3) is 0 Å². The third kappa shape index (κ3) is 3.80. The number of hydrogen-bond acceptors (Lipinski definition) is 5. The molecule has 0 bridgehead atoms. The highest BCUT2D eigenvalue weighted by Gasteiger charge is 2.51. The van der Waals surface area contributed by atoms with E-state index in [2.05, 4.69) is 39.6 Å². The number of ether oxygens (including phenoxy) is 2. The zero-order chi connectivity index (χ0) is 20.4. The van der Waals surface area contributed by atoms with Gasteiger partial charge in [-0.25, -0.2) is 4.98 Å². The van der Waals surface area contributed by atoms with Crippen LogP contribution < -0.4 is 14.8 Å². The van der Waals surface area contributed by atoms with Gasteiger partial charge >= 0.3 is 6.01 Å². The maximum absolute atomic E-state index is 13.0. The number of fused-ring (bicyclic) bond motifs is 1. The van der Waals surface area contributed by atoms with E-state index < -0.39 is 0 Å². The second kappa shape index (κ2) is 8.39. The molecule has 2 aromatic rings. The molecule has 1 aromatic heterocycles. The molecule has 2 fully saturated rings. The summed E-state index contributed by atoms with van der Waals surface area (Å²) in [6, 6.07) is 11.1. The molecule has 1 N–H and O–H groups in total. The molecule has 4 rings (SSSR count). The molecule has 29 heavy (non-hydrogen) atoms. The van der Waals surface area contributed by atoms with Gasteiger partial charge in [-0.1, -0.05) is 43.2 Å². The molecule has 6 heteroatoms. The van der Waals surface area contributed by atoms with Gasteiger partial charge in [-0.3, -0.25) is 4.79 Å². The number of nitrogens with one attached hydrogen (secondary N) is 1. The third-order valence-electron chi connectivity index (χ3n) is 6.57. The van der Waals surface area contributed by atoms with Crippen molar-refractivity contribution < 1.29 is 14.3 Å². The standard InChI is InChI=1S/C23H29N3O3/c1-14-18(22(28-2)26-23(24-14)29-3)13-19(27)25-21-17-12-8-7-11-16(17)20(21)15-9-5-4-6-10-15/h4-6,9-10,16-17,20-21H,7-8,11-13H2,1-3H3,(H,25,27)/t16?,17?,20-,21-/m0/s1. The number of carbonyl (C=O) groups excluding carboxylic acids is 1. The van der Waals surface area contributed by atoms with E-state index in [4.69, 9.17) is 9.47 Å². The first-order chi connectivity index (χ1) is 14.1. The van der Waals surface area contributed by atoms with E-state index in [-0.39, 0.29) is 24.4 Å². The summed E-state index contributed by atoms with van der Waals surface area (Å²) in [6.07, 6.45) is 5.22. The van der Waals surface area contributed by atoms with Crippen molar-refractivity contribution in [2.75, 3.05) is 14.2 Å². The first-order valence-electron chi connectivity index (χ1n) is 10.4. The average Bonchev–Trinajstić information content (AvgIpc) is 2.74. The fourth-order valence-electron chi connectivity index (χ4n) is 5.20. The Morgan fingerprint density at radius 2 is 1.79 bits per heavy atom. The van der Waals surface area contributed by atoms with Crippen LogP contribution in [0.1, 0.15) is 48.4 Å². The van der Waals surface area contributed by atoms with E-state index in [0.717, 1.165) is 0 Å². The third-order valence-corrected chi connectivity index (χ3v) is 6.57. The Balaban J connectivity index is 1.51. The number of aryl methyl sites for hydroxylation is 1. The van der Waals surface area contributed by atoms with Gasteiger partial charge in [0.15, 0.2) is 0 Å². The second-order valence-electron chi connectivity index (χ2n) is 8.10. The van der Waals surface area contributed by atoms with E-state index in [9.17, 15) is 4.79 Å². The van der Waals surface area contributed by atoms with Crippen molar-refractivity contribution in [1.82, 2.24) is 15.3 Å². The van der Waals surface area contributed by atoms with Crippen LogP contribution in [0, 0.1) is 18.8 Å². The van der Waals surface area contributed by atoms with Crippen LogP contribution >= 0.6 is 0 Å². The molecule has 2 aliphatic carbocycles. The minimum atomic E-state index is -0.00452. The summed E-state index contributed by atoms with van der Waals surface area (Å²) in [4.78, 5) is 21.5. The lowest BCUT2D eigenvalue weighted by Crippen LogP contribution is -2.59. The van der Waals surface area contributed by atoms with Gasteiger partial charge < -0.3 is 14.8 Å². The van der Waals surface area contributed by atoms with Gasteiger partial charge in [-0.05, 0) is 37.2 Å². The summed E-state index contributed by atoms with van der Waals surface area (Å²) < 4.78 is 10.5. The quantitative estimate of drug-likeness (QED) is 0.811. The second-order valence-corrected chi connectivity index (χ2v) is 8.10. The maximum Gasteiger partial charge on any atom is 0.319 e. The van der Waals surface area contributed by atoms with Crippen molar-refractivity contribution in [3.05, 3.63) is 47.2 Å². The molecular formula is C23H29N3O3. The van der Waals surface area contributed by atoms with Crippen LogP contribution in [-0.2, 0) is 11.2 Å². The van der Waals surface area contributed by atoms with Crippen LogP contribution in [0.3, 0.4) is 0 Å². The van der Waals surface area contributed by atoms with E-state index in [1.54, 1.807) is 7.11 Å². The Bertz CT molecular complexity index is 871.